The minimum Gasteiger partial charge on any atom is -0.206 e. The fourth-order valence-electron chi connectivity index (χ4n) is 1.32. The Hall–Kier alpha value is 0.580. The van der Waals surface area contributed by atoms with Crippen LogP contribution in [0.15, 0.2) is 32.5 Å². The number of halogens is 5. The highest BCUT2D eigenvalue weighted by molar-refractivity contribution is 9.11. The summed E-state index contributed by atoms with van der Waals surface area (Å²) in [5.41, 5.74) is 0.858. The first kappa shape index (κ1) is 14.0. The van der Waals surface area contributed by atoms with Crippen molar-refractivity contribution < 1.29 is 4.39 Å². The zero-order chi connectivity index (χ0) is 12.6. The summed E-state index contributed by atoms with van der Waals surface area (Å²) < 4.78 is 14.8. The van der Waals surface area contributed by atoms with E-state index in [-0.39, 0.29) is 10.6 Å². The lowest BCUT2D eigenvalue weighted by atomic mass is 10.1. The van der Waals surface area contributed by atoms with Gasteiger partial charge in [-0.15, -0.1) is 11.3 Å². The number of alkyl halides is 1. The van der Waals surface area contributed by atoms with Crippen molar-refractivity contribution in [2.75, 3.05) is 0 Å². The molecule has 6 heteroatoms. The minimum absolute atomic E-state index is 0.0566. The van der Waals surface area contributed by atoms with Crippen LogP contribution in [0, 0.1) is 5.82 Å². The highest BCUT2D eigenvalue weighted by atomic mass is 79.9. The molecule has 1 heterocycles. The van der Waals surface area contributed by atoms with Crippen LogP contribution in [0.2, 0.25) is 5.02 Å². The van der Waals surface area contributed by atoms with Gasteiger partial charge >= 0.3 is 0 Å². The van der Waals surface area contributed by atoms with E-state index in [2.05, 4.69) is 47.8 Å². The molecule has 1 atom stereocenters. The lowest BCUT2D eigenvalue weighted by molar-refractivity contribution is 0.619. The lowest BCUT2D eigenvalue weighted by Gasteiger charge is -2.08. The molecule has 17 heavy (non-hydrogen) atoms. The van der Waals surface area contributed by atoms with E-state index >= 15 is 0 Å². The summed E-state index contributed by atoms with van der Waals surface area (Å²) in [4.78, 5) is 0.975. The number of rotatable bonds is 2. The van der Waals surface area contributed by atoms with Crippen LogP contribution < -0.4 is 0 Å². The molecule has 0 nitrogen and oxygen atoms in total. The van der Waals surface area contributed by atoms with Crippen LogP contribution >= 0.6 is 70.7 Å². The molecule has 1 aromatic carbocycles. The predicted octanol–water partition coefficient (Wildman–Crippen LogP) is 6.55. The molecule has 0 aliphatic rings. The van der Waals surface area contributed by atoms with E-state index in [1.54, 1.807) is 6.07 Å². The third-order valence-electron chi connectivity index (χ3n) is 2.15. The topological polar surface area (TPSA) is 0 Å². The molecule has 0 fully saturated rings. The van der Waals surface area contributed by atoms with Crippen molar-refractivity contribution in [1.29, 1.82) is 0 Å². The Morgan fingerprint density at radius 3 is 2.47 bits per heavy atom. The van der Waals surface area contributed by atoms with Crippen LogP contribution in [-0.4, -0.2) is 0 Å². The summed E-state index contributed by atoms with van der Waals surface area (Å²) in [6.07, 6.45) is 0. The summed E-state index contributed by atoms with van der Waals surface area (Å²) in [5, 5.41) is 0.673. The molecule has 1 unspecified atom stereocenters. The second-order valence-electron chi connectivity index (χ2n) is 3.31. The molecular weight excluding hydrogens is 458 g/mol. The highest BCUT2D eigenvalue weighted by Crippen LogP contribution is 2.41. The van der Waals surface area contributed by atoms with E-state index in [4.69, 9.17) is 11.6 Å². The van der Waals surface area contributed by atoms with Crippen LogP contribution in [0.25, 0.3) is 0 Å². The molecule has 0 aliphatic carbocycles. The van der Waals surface area contributed by atoms with E-state index in [9.17, 15) is 4.39 Å². The molecule has 1 aromatic heterocycles. The van der Waals surface area contributed by atoms with E-state index in [0.29, 0.717) is 9.50 Å². The number of hydrogen-bond donors (Lipinski definition) is 0. The first-order chi connectivity index (χ1) is 7.99. The highest BCUT2D eigenvalue weighted by Gasteiger charge is 2.16. The quantitative estimate of drug-likeness (QED) is 0.443. The summed E-state index contributed by atoms with van der Waals surface area (Å²) in [7, 11) is 0. The van der Waals surface area contributed by atoms with Gasteiger partial charge in [-0.05, 0) is 55.6 Å². The maximum absolute atomic E-state index is 13.4. The van der Waals surface area contributed by atoms with E-state index in [0.717, 1.165) is 14.2 Å². The third kappa shape index (κ3) is 3.13. The van der Waals surface area contributed by atoms with Crippen LogP contribution in [0.5, 0.6) is 0 Å². The SMILES string of the molecule is Fc1cc(C(Br)c2cc(Cl)c(Br)s2)ccc1Br. The fourth-order valence-corrected chi connectivity index (χ4v) is 4.02. The molecule has 0 N–H and O–H groups in total. The van der Waals surface area contributed by atoms with Gasteiger partial charge in [-0.1, -0.05) is 33.6 Å². The molecule has 0 saturated heterocycles. The molecule has 2 aromatic rings. The molecular formula is C11H5Br3ClFS. The van der Waals surface area contributed by atoms with Gasteiger partial charge in [0.25, 0.3) is 0 Å². The summed E-state index contributed by atoms with van der Waals surface area (Å²) >= 11 is 17.6. The standard InChI is InChI=1S/C11H5Br3ClFS/c12-6-2-1-5(3-8(6)16)10(13)9-4-7(15)11(14)17-9/h1-4,10H. The lowest BCUT2D eigenvalue weighted by Crippen LogP contribution is -1.91. The van der Waals surface area contributed by atoms with Gasteiger partial charge in [-0.2, -0.15) is 0 Å². The Balaban J connectivity index is 2.36. The molecule has 0 bridgehead atoms. The summed E-state index contributed by atoms with van der Waals surface area (Å²) in [5.74, 6) is -0.270. The average Bonchev–Trinajstić information content (AvgIpc) is 2.62. The largest absolute Gasteiger partial charge is 0.206 e. The predicted molar refractivity (Wildman–Crippen MR) is 81.9 cm³/mol. The summed E-state index contributed by atoms with van der Waals surface area (Å²) in [6.45, 7) is 0. The van der Waals surface area contributed by atoms with Crippen molar-refractivity contribution in [2.24, 2.45) is 0 Å². The van der Waals surface area contributed by atoms with Gasteiger partial charge in [0.1, 0.15) is 5.82 Å². The van der Waals surface area contributed by atoms with Gasteiger partial charge in [0, 0.05) is 4.88 Å². The summed E-state index contributed by atoms with van der Waals surface area (Å²) in [6, 6.07) is 6.94. The van der Waals surface area contributed by atoms with Gasteiger partial charge in [0.05, 0.1) is 18.1 Å². The Labute approximate surface area is 133 Å². The van der Waals surface area contributed by atoms with Gasteiger partial charge in [0.15, 0.2) is 0 Å². The van der Waals surface area contributed by atoms with Gasteiger partial charge in [-0.25, -0.2) is 4.39 Å². The molecule has 0 amide bonds. The normalized spacial score (nSPS) is 12.8. The minimum atomic E-state index is -0.270. The van der Waals surface area contributed by atoms with Crippen molar-refractivity contribution >= 4 is 70.7 Å². The smallest absolute Gasteiger partial charge is 0.137 e. The van der Waals surface area contributed by atoms with Gasteiger partial charge < -0.3 is 0 Å². The van der Waals surface area contributed by atoms with Crippen molar-refractivity contribution in [3.05, 3.63) is 53.8 Å². The second-order valence-corrected chi connectivity index (χ2v) is 7.89. The van der Waals surface area contributed by atoms with E-state index in [1.807, 2.05) is 12.1 Å². The Morgan fingerprint density at radius 1 is 1.24 bits per heavy atom. The average molecular weight is 463 g/mol. The van der Waals surface area contributed by atoms with Crippen LogP contribution in [0.3, 0.4) is 0 Å². The maximum Gasteiger partial charge on any atom is 0.137 e. The molecule has 0 spiro atoms. The van der Waals surface area contributed by atoms with Crippen molar-refractivity contribution in [3.8, 4) is 0 Å². The molecule has 0 aliphatic heterocycles. The molecule has 2 rings (SSSR count). The van der Waals surface area contributed by atoms with Gasteiger partial charge in [0.2, 0.25) is 0 Å². The Kier molecular flexibility index (Phi) is 4.69. The van der Waals surface area contributed by atoms with E-state index < -0.39 is 0 Å². The third-order valence-corrected chi connectivity index (χ3v) is 6.66. The van der Waals surface area contributed by atoms with Crippen LogP contribution in [0.1, 0.15) is 15.3 Å². The van der Waals surface area contributed by atoms with Crippen LogP contribution in [0.4, 0.5) is 4.39 Å². The van der Waals surface area contributed by atoms with Gasteiger partial charge in [-0.3, -0.25) is 0 Å². The molecule has 90 valence electrons. The van der Waals surface area contributed by atoms with Crippen molar-refractivity contribution in [2.45, 2.75) is 4.83 Å². The Bertz CT molecular complexity index is 536. The van der Waals surface area contributed by atoms with Crippen LogP contribution in [-0.2, 0) is 0 Å². The number of thiophene rings is 1. The monoisotopic (exact) mass is 460 g/mol. The Morgan fingerprint density at radius 2 is 1.94 bits per heavy atom. The van der Waals surface area contributed by atoms with Crippen molar-refractivity contribution in [1.82, 2.24) is 0 Å². The zero-order valence-corrected chi connectivity index (χ0v) is 14.5. The molecule has 0 radical (unpaired) electrons. The first-order valence-electron chi connectivity index (χ1n) is 4.53. The van der Waals surface area contributed by atoms with Crippen molar-refractivity contribution in [3.63, 3.8) is 0 Å². The number of hydrogen-bond acceptors (Lipinski definition) is 1. The second kappa shape index (κ2) is 5.70. The first-order valence-corrected chi connectivity index (χ1v) is 8.22. The number of benzene rings is 1. The molecule has 0 saturated carbocycles. The maximum atomic E-state index is 13.4. The van der Waals surface area contributed by atoms with E-state index in [1.165, 1.54) is 17.4 Å². The zero-order valence-electron chi connectivity index (χ0n) is 8.18. The fraction of sp³-hybridized carbons (Fsp3) is 0.0909.